The molecule has 0 aliphatic heterocycles. The third kappa shape index (κ3) is 4.81. The van der Waals surface area contributed by atoms with Crippen molar-refractivity contribution in [1.29, 1.82) is 0 Å². The molecule has 0 aliphatic carbocycles. The lowest BCUT2D eigenvalue weighted by atomic mass is 10.1. The van der Waals surface area contributed by atoms with Crippen molar-refractivity contribution in [3.63, 3.8) is 0 Å². The number of nitrogens with two attached hydrogens (primary N) is 1. The van der Waals surface area contributed by atoms with E-state index in [4.69, 9.17) is 10.5 Å². The highest BCUT2D eigenvalue weighted by molar-refractivity contribution is 7.11. The van der Waals surface area contributed by atoms with Crippen LogP contribution in [0.15, 0.2) is 54.7 Å². The second kappa shape index (κ2) is 8.14. The molecule has 5 heteroatoms. The first kappa shape index (κ1) is 17.5. The number of thiazole rings is 1. The number of hydrogen-bond acceptors (Lipinski definition) is 5. The molecule has 0 aliphatic rings. The summed E-state index contributed by atoms with van der Waals surface area (Å²) in [5.74, 6) is 0.719. The van der Waals surface area contributed by atoms with Gasteiger partial charge < -0.3 is 15.8 Å². The molecule has 0 radical (unpaired) electrons. The normalized spacial score (nSPS) is 12.1. The summed E-state index contributed by atoms with van der Waals surface area (Å²) in [5, 5.41) is 4.59. The Balaban J connectivity index is 1.56. The largest absolute Gasteiger partial charge is 0.487 e. The Morgan fingerprint density at radius 3 is 2.64 bits per heavy atom. The number of benzene rings is 2. The number of nitrogens with one attached hydrogen (secondary N) is 1. The first-order valence-electron chi connectivity index (χ1n) is 8.32. The van der Waals surface area contributed by atoms with Crippen molar-refractivity contribution in [1.82, 2.24) is 10.3 Å². The fourth-order valence-corrected chi connectivity index (χ4v) is 3.31. The molecule has 2 aromatic carbocycles. The van der Waals surface area contributed by atoms with E-state index in [0.717, 1.165) is 28.4 Å². The summed E-state index contributed by atoms with van der Waals surface area (Å²) in [6.07, 6.45) is 1.91. The molecule has 0 saturated carbocycles. The molecule has 0 bridgehead atoms. The molecule has 25 heavy (non-hydrogen) atoms. The molecule has 0 amide bonds. The van der Waals surface area contributed by atoms with Crippen LogP contribution in [0.5, 0.6) is 5.75 Å². The van der Waals surface area contributed by atoms with E-state index in [2.05, 4.69) is 24.1 Å². The van der Waals surface area contributed by atoms with Gasteiger partial charge in [-0.1, -0.05) is 36.4 Å². The first-order valence-corrected chi connectivity index (χ1v) is 9.14. The third-order valence-electron chi connectivity index (χ3n) is 3.93. The van der Waals surface area contributed by atoms with E-state index in [1.165, 1.54) is 4.88 Å². The van der Waals surface area contributed by atoms with Crippen molar-refractivity contribution >= 4 is 17.0 Å². The van der Waals surface area contributed by atoms with E-state index < -0.39 is 0 Å². The summed E-state index contributed by atoms with van der Waals surface area (Å²) < 4.78 is 5.82. The topological polar surface area (TPSA) is 60.2 Å². The van der Waals surface area contributed by atoms with E-state index >= 15 is 0 Å². The van der Waals surface area contributed by atoms with Crippen LogP contribution in [0.2, 0.25) is 0 Å². The average Bonchev–Trinajstić information content (AvgIpc) is 3.06. The number of hydrogen-bond donors (Lipinski definition) is 2. The summed E-state index contributed by atoms with van der Waals surface area (Å²) in [4.78, 5) is 5.65. The van der Waals surface area contributed by atoms with Crippen LogP contribution < -0.4 is 15.8 Å². The lowest BCUT2D eigenvalue weighted by Gasteiger charge is -2.13. The van der Waals surface area contributed by atoms with Crippen LogP contribution in [0.25, 0.3) is 0 Å². The summed E-state index contributed by atoms with van der Waals surface area (Å²) >= 11 is 1.72. The van der Waals surface area contributed by atoms with E-state index in [1.54, 1.807) is 11.3 Å². The maximum atomic E-state index is 6.14. The monoisotopic (exact) mass is 353 g/mol. The van der Waals surface area contributed by atoms with Gasteiger partial charge in [0.25, 0.3) is 0 Å². The minimum absolute atomic E-state index is 0.217. The lowest BCUT2D eigenvalue weighted by Crippen LogP contribution is -2.18. The van der Waals surface area contributed by atoms with Crippen molar-refractivity contribution in [2.24, 2.45) is 0 Å². The fraction of sp³-hybridized carbons (Fsp3) is 0.250. The van der Waals surface area contributed by atoms with Crippen LogP contribution in [-0.2, 0) is 13.2 Å². The maximum absolute atomic E-state index is 6.14. The number of aromatic nitrogens is 1. The highest BCUT2D eigenvalue weighted by Gasteiger charge is 2.09. The van der Waals surface area contributed by atoms with Gasteiger partial charge in [0.05, 0.1) is 11.7 Å². The number of anilines is 1. The molecule has 3 rings (SSSR count). The molecule has 0 fully saturated rings. The molecule has 4 nitrogen and oxygen atoms in total. The summed E-state index contributed by atoms with van der Waals surface area (Å²) in [7, 11) is 0. The zero-order chi connectivity index (χ0) is 17.6. The summed E-state index contributed by atoms with van der Waals surface area (Å²) in [6.45, 7) is 5.45. The predicted molar refractivity (Wildman–Crippen MR) is 104 cm³/mol. The van der Waals surface area contributed by atoms with Gasteiger partial charge in [0.2, 0.25) is 0 Å². The van der Waals surface area contributed by atoms with Gasteiger partial charge in [0.1, 0.15) is 17.4 Å². The Labute approximate surface area is 152 Å². The predicted octanol–water partition coefficient (Wildman–Crippen LogP) is 4.46. The number of aryl methyl sites for hydroxylation is 1. The molecule has 0 unspecified atom stereocenters. The van der Waals surface area contributed by atoms with Gasteiger partial charge in [-0.3, -0.25) is 0 Å². The van der Waals surface area contributed by atoms with Gasteiger partial charge in [-0.15, -0.1) is 11.3 Å². The molecule has 1 heterocycles. The molecule has 130 valence electrons. The number of nitrogen functional groups attached to an aromatic ring is 1. The van der Waals surface area contributed by atoms with Crippen LogP contribution in [0.1, 0.15) is 34.0 Å². The quantitative estimate of drug-likeness (QED) is 0.616. The van der Waals surface area contributed by atoms with Gasteiger partial charge in [-0.05, 0) is 37.1 Å². The molecule has 0 spiro atoms. The van der Waals surface area contributed by atoms with Crippen molar-refractivity contribution in [2.75, 3.05) is 5.73 Å². The maximum Gasteiger partial charge on any atom is 0.142 e. The van der Waals surface area contributed by atoms with Crippen LogP contribution in [0, 0.1) is 6.92 Å². The van der Waals surface area contributed by atoms with Crippen LogP contribution in [0.4, 0.5) is 5.69 Å². The molecule has 1 aromatic heterocycles. The zero-order valence-electron chi connectivity index (χ0n) is 14.5. The lowest BCUT2D eigenvalue weighted by molar-refractivity contribution is 0.308. The number of rotatable bonds is 7. The van der Waals surface area contributed by atoms with E-state index in [-0.39, 0.29) is 6.04 Å². The van der Waals surface area contributed by atoms with Crippen molar-refractivity contribution < 1.29 is 4.74 Å². The minimum atomic E-state index is 0.217. The van der Waals surface area contributed by atoms with Gasteiger partial charge in [0, 0.05) is 17.6 Å². The van der Waals surface area contributed by atoms with E-state index in [1.807, 2.05) is 54.7 Å². The second-order valence-corrected chi connectivity index (χ2v) is 7.32. The van der Waals surface area contributed by atoms with Crippen LogP contribution in [-0.4, -0.2) is 4.98 Å². The van der Waals surface area contributed by atoms with Crippen molar-refractivity contribution in [3.8, 4) is 5.75 Å². The Hall–Kier alpha value is -2.37. The zero-order valence-corrected chi connectivity index (χ0v) is 15.3. The Morgan fingerprint density at radius 1 is 1.16 bits per heavy atom. The van der Waals surface area contributed by atoms with Gasteiger partial charge >= 0.3 is 0 Å². The van der Waals surface area contributed by atoms with Gasteiger partial charge in [0.15, 0.2) is 0 Å². The second-order valence-electron chi connectivity index (χ2n) is 6.06. The van der Waals surface area contributed by atoms with E-state index in [9.17, 15) is 0 Å². The minimum Gasteiger partial charge on any atom is -0.487 e. The van der Waals surface area contributed by atoms with Crippen molar-refractivity contribution in [2.45, 2.75) is 33.0 Å². The van der Waals surface area contributed by atoms with E-state index in [0.29, 0.717) is 12.3 Å². The van der Waals surface area contributed by atoms with Gasteiger partial charge in [-0.2, -0.15) is 0 Å². The highest BCUT2D eigenvalue weighted by atomic mass is 32.1. The standard InChI is InChI=1S/C20H23N3OS/c1-14-11-23-20(25-14)15(2)22-12-17-8-9-19(18(21)10-17)24-13-16-6-4-3-5-7-16/h3-11,15,22H,12-13,21H2,1-2H3/t15-/m0/s1. The Bertz CT molecular complexity index is 817. The number of nitrogens with zero attached hydrogens (tertiary/aromatic N) is 1. The SMILES string of the molecule is Cc1cnc([C@H](C)NCc2ccc(OCc3ccccc3)c(N)c2)s1. The summed E-state index contributed by atoms with van der Waals surface area (Å²) in [5.41, 5.74) is 9.06. The highest BCUT2D eigenvalue weighted by Crippen LogP contribution is 2.24. The fourth-order valence-electron chi connectivity index (χ4n) is 2.51. The van der Waals surface area contributed by atoms with Gasteiger partial charge in [-0.25, -0.2) is 4.98 Å². The average molecular weight is 353 g/mol. The Kier molecular flexibility index (Phi) is 5.68. The number of ether oxygens (including phenoxy) is 1. The van der Waals surface area contributed by atoms with Crippen LogP contribution >= 0.6 is 11.3 Å². The molecular weight excluding hydrogens is 330 g/mol. The molecular formula is C20H23N3OS. The first-order chi connectivity index (χ1) is 12.1. The summed E-state index contributed by atoms with van der Waals surface area (Å²) in [6, 6.07) is 16.2. The molecule has 3 aromatic rings. The molecule has 0 saturated heterocycles. The van der Waals surface area contributed by atoms with Crippen molar-refractivity contribution in [3.05, 3.63) is 75.7 Å². The Morgan fingerprint density at radius 2 is 1.96 bits per heavy atom. The van der Waals surface area contributed by atoms with Crippen LogP contribution in [0.3, 0.4) is 0 Å². The smallest absolute Gasteiger partial charge is 0.142 e. The molecule has 3 N–H and O–H groups in total. The third-order valence-corrected chi connectivity index (χ3v) is 5.03. The molecule has 1 atom stereocenters.